The van der Waals surface area contributed by atoms with E-state index < -0.39 is 15.9 Å². The summed E-state index contributed by atoms with van der Waals surface area (Å²) in [4.78, 5) is 15.2. The lowest BCUT2D eigenvalue weighted by molar-refractivity contribution is -0.120. The number of anilines is 2. The Bertz CT molecular complexity index is 1070. The quantitative estimate of drug-likeness (QED) is 0.626. The van der Waals surface area contributed by atoms with Crippen LogP contribution in [0.25, 0.3) is 0 Å². The standard InChI is InChI=1S/C23H27Cl2N3O3S/c24-19-6-5-18(22(25)14-19)16-32(30,31)28-13-3-4-17(15-28)23(29)26-20-7-9-21(10-8-20)27-11-1-2-12-27/h5-10,14,17H,1-4,11-13,15-16H2,(H,26,29)/t17-/m1/s1. The number of sulfonamides is 1. The number of amides is 1. The van der Waals surface area contributed by atoms with Gasteiger partial charge in [-0.3, -0.25) is 4.79 Å². The molecular formula is C23H27Cl2N3O3S. The molecule has 2 aliphatic heterocycles. The van der Waals surface area contributed by atoms with Crippen molar-refractivity contribution in [1.82, 2.24) is 4.31 Å². The summed E-state index contributed by atoms with van der Waals surface area (Å²) in [6, 6.07) is 12.6. The largest absolute Gasteiger partial charge is 0.372 e. The Morgan fingerprint density at radius 3 is 2.41 bits per heavy atom. The molecule has 0 spiro atoms. The Kier molecular flexibility index (Phi) is 7.30. The molecular weight excluding hydrogens is 469 g/mol. The van der Waals surface area contributed by atoms with Crippen LogP contribution in [0.1, 0.15) is 31.2 Å². The van der Waals surface area contributed by atoms with Crippen LogP contribution in [0.3, 0.4) is 0 Å². The van der Waals surface area contributed by atoms with Crippen LogP contribution >= 0.6 is 23.2 Å². The smallest absolute Gasteiger partial charge is 0.228 e. The van der Waals surface area contributed by atoms with Gasteiger partial charge in [0.15, 0.2) is 0 Å². The van der Waals surface area contributed by atoms with E-state index in [1.54, 1.807) is 12.1 Å². The van der Waals surface area contributed by atoms with E-state index in [0.717, 1.165) is 24.5 Å². The first-order valence-electron chi connectivity index (χ1n) is 10.9. The zero-order valence-electron chi connectivity index (χ0n) is 17.8. The van der Waals surface area contributed by atoms with E-state index in [0.29, 0.717) is 35.0 Å². The summed E-state index contributed by atoms with van der Waals surface area (Å²) in [6.07, 6.45) is 3.72. The molecule has 4 rings (SSSR count). The molecule has 1 atom stereocenters. The zero-order valence-corrected chi connectivity index (χ0v) is 20.1. The minimum Gasteiger partial charge on any atom is -0.372 e. The SMILES string of the molecule is O=C(Nc1ccc(N2CCCC2)cc1)[C@@H]1CCCN(S(=O)(=O)Cc2ccc(Cl)cc2Cl)C1. The van der Waals surface area contributed by atoms with Crippen molar-refractivity contribution < 1.29 is 13.2 Å². The van der Waals surface area contributed by atoms with Crippen molar-refractivity contribution in [1.29, 1.82) is 0 Å². The summed E-state index contributed by atoms with van der Waals surface area (Å²) in [5.74, 6) is -0.754. The molecule has 2 aromatic rings. The molecule has 1 amide bonds. The summed E-state index contributed by atoms with van der Waals surface area (Å²) in [5, 5.41) is 3.73. The van der Waals surface area contributed by atoms with Gasteiger partial charge in [-0.2, -0.15) is 0 Å². The number of piperidine rings is 1. The Morgan fingerprint density at radius 1 is 1.00 bits per heavy atom. The van der Waals surface area contributed by atoms with Crippen molar-refractivity contribution in [2.45, 2.75) is 31.4 Å². The summed E-state index contributed by atoms with van der Waals surface area (Å²) in [7, 11) is -3.61. The number of halogens is 2. The van der Waals surface area contributed by atoms with Gasteiger partial charge in [0.2, 0.25) is 15.9 Å². The van der Waals surface area contributed by atoms with Gasteiger partial charge in [-0.15, -0.1) is 0 Å². The Morgan fingerprint density at radius 2 is 1.72 bits per heavy atom. The van der Waals surface area contributed by atoms with Crippen LogP contribution in [-0.4, -0.2) is 44.8 Å². The number of carbonyl (C=O) groups is 1. The van der Waals surface area contributed by atoms with Gasteiger partial charge in [-0.25, -0.2) is 12.7 Å². The van der Waals surface area contributed by atoms with E-state index in [1.807, 2.05) is 24.3 Å². The van der Waals surface area contributed by atoms with Crippen LogP contribution < -0.4 is 10.2 Å². The van der Waals surface area contributed by atoms with Gasteiger partial charge in [0.25, 0.3) is 0 Å². The van der Waals surface area contributed by atoms with Crippen LogP contribution in [0.5, 0.6) is 0 Å². The van der Waals surface area contributed by atoms with Crippen LogP contribution in [0.4, 0.5) is 11.4 Å². The predicted molar refractivity (Wildman–Crippen MR) is 130 cm³/mol. The lowest BCUT2D eigenvalue weighted by Crippen LogP contribution is -2.44. The molecule has 2 aliphatic rings. The Hall–Kier alpha value is -1.80. The topological polar surface area (TPSA) is 69.7 Å². The third kappa shape index (κ3) is 5.57. The van der Waals surface area contributed by atoms with Crippen molar-refractivity contribution in [3.8, 4) is 0 Å². The average Bonchev–Trinajstić information content (AvgIpc) is 3.31. The zero-order chi connectivity index (χ0) is 22.7. The van der Waals surface area contributed by atoms with E-state index in [2.05, 4.69) is 10.2 Å². The maximum Gasteiger partial charge on any atom is 0.228 e. The van der Waals surface area contributed by atoms with Gasteiger partial charge in [0, 0.05) is 47.6 Å². The van der Waals surface area contributed by atoms with Crippen molar-refractivity contribution in [2.24, 2.45) is 5.92 Å². The molecule has 0 aromatic heterocycles. The number of hydrogen-bond donors (Lipinski definition) is 1. The summed E-state index contributed by atoms with van der Waals surface area (Å²) in [6.45, 7) is 2.71. The maximum atomic E-state index is 13.0. The predicted octanol–water partition coefficient (Wildman–Crippen LogP) is 4.77. The summed E-state index contributed by atoms with van der Waals surface area (Å²) in [5.41, 5.74) is 2.39. The van der Waals surface area contributed by atoms with Crippen molar-refractivity contribution in [3.63, 3.8) is 0 Å². The summed E-state index contributed by atoms with van der Waals surface area (Å²) < 4.78 is 27.4. The fourth-order valence-corrected chi connectivity index (χ4v) is 6.51. The highest BCUT2D eigenvalue weighted by molar-refractivity contribution is 7.88. The fraction of sp³-hybridized carbons (Fsp3) is 0.435. The minimum absolute atomic E-state index is 0.150. The van der Waals surface area contributed by atoms with Crippen molar-refractivity contribution in [3.05, 3.63) is 58.1 Å². The van der Waals surface area contributed by atoms with Gasteiger partial charge in [0.1, 0.15) is 0 Å². The Labute approximate surface area is 199 Å². The molecule has 0 unspecified atom stereocenters. The molecule has 2 heterocycles. The summed E-state index contributed by atoms with van der Waals surface area (Å²) >= 11 is 12.1. The van der Waals surface area contributed by atoms with E-state index in [4.69, 9.17) is 23.2 Å². The van der Waals surface area contributed by atoms with Gasteiger partial charge in [0.05, 0.1) is 11.7 Å². The molecule has 0 radical (unpaired) electrons. The highest BCUT2D eigenvalue weighted by Crippen LogP contribution is 2.27. The second kappa shape index (κ2) is 10.00. The molecule has 6 nitrogen and oxygen atoms in total. The lowest BCUT2D eigenvalue weighted by atomic mass is 9.98. The molecule has 2 aromatic carbocycles. The normalized spacial score (nSPS) is 19.8. The second-order valence-corrected chi connectivity index (χ2v) is 11.2. The van der Waals surface area contributed by atoms with Gasteiger partial charge in [-0.1, -0.05) is 29.3 Å². The molecule has 172 valence electrons. The average molecular weight is 496 g/mol. The van der Waals surface area contributed by atoms with Gasteiger partial charge in [-0.05, 0) is 67.6 Å². The highest BCUT2D eigenvalue weighted by Gasteiger charge is 2.32. The first-order chi connectivity index (χ1) is 15.3. The first kappa shape index (κ1) is 23.4. The molecule has 1 N–H and O–H groups in total. The van der Waals surface area contributed by atoms with E-state index in [-0.39, 0.29) is 18.2 Å². The number of hydrogen-bond acceptors (Lipinski definition) is 4. The monoisotopic (exact) mass is 495 g/mol. The van der Waals surface area contributed by atoms with Gasteiger partial charge >= 0.3 is 0 Å². The van der Waals surface area contributed by atoms with E-state index >= 15 is 0 Å². The Balaban J connectivity index is 1.37. The molecule has 0 aliphatic carbocycles. The molecule has 32 heavy (non-hydrogen) atoms. The number of nitrogens with zero attached hydrogens (tertiary/aromatic N) is 2. The second-order valence-electron chi connectivity index (χ2n) is 8.42. The number of rotatable bonds is 6. The molecule has 9 heteroatoms. The first-order valence-corrected chi connectivity index (χ1v) is 13.3. The lowest BCUT2D eigenvalue weighted by Gasteiger charge is -2.31. The third-order valence-electron chi connectivity index (χ3n) is 6.11. The third-order valence-corrected chi connectivity index (χ3v) is 8.49. The van der Waals surface area contributed by atoms with Crippen molar-refractivity contribution in [2.75, 3.05) is 36.4 Å². The molecule has 0 bridgehead atoms. The number of nitrogens with one attached hydrogen (secondary N) is 1. The minimum atomic E-state index is -3.61. The highest BCUT2D eigenvalue weighted by atomic mass is 35.5. The van der Waals surface area contributed by atoms with Crippen LogP contribution in [-0.2, 0) is 20.6 Å². The number of benzene rings is 2. The fourth-order valence-electron chi connectivity index (χ4n) is 4.31. The van der Waals surface area contributed by atoms with Crippen LogP contribution in [0.2, 0.25) is 10.0 Å². The van der Waals surface area contributed by atoms with E-state index in [1.165, 1.54) is 23.2 Å². The van der Waals surface area contributed by atoms with Crippen molar-refractivity contribution >= 4 is 50.5 Å². The maximum absolute atomic E-state index is 13.0. The molecule has 2 saturated heterocycles. The van der Waals surface area contributed by atoms with Gasteiger partial charge < -0.3 is 10.2 Å². The van der Waals surface area contributed by atoms with Crippen LogP contribution in [0.15, 0.2) is 42.5 Å². The number of carbonyl (C=O) groups excluding carboxylic acids is 1. The van der Waals surface area contributed by atoms with E-state index in [9.17, 15) is 13.2 Å². The molecule has 2 fully saturated rings. The van der Waals surface area contributed by atoms with Crippen LogP contribution in [0, 0.1) is 5.92 Å². The molecule has 0 saturated carbocycles.